The minimum Gasteiger partial charge on any atom is -0.370 e. The number of aromatic nitrogens is 2. The van der Waals surface area contributed by atoms with Crippen molar-refractivity contribution in [3.8, 4) is 0 Å². The molecule has 3 aromatic rings. The number of carbonyl (C=O) groups is 1. The SMILES string of the molecule is Cc1sc2ncn(CCC(=O)Nc3ccccc3N3CCCC3)c(=O)c2c1C. The number of amides is 1. The van der Waals surface area contributed by atoms with Crippen LogP contribution in [0.1, 0.15) is 29.7 Å². The van der Waals surface area contributed by atoms with Crippen LogP contribution in [0.15, 0.2) is 35.4 Å². The van der Waals surface area contributed by atoms with Gasteiger partial charge in [-0.3, -0.25) is 14.2 Å². The summed E-state index contributed by atoms with van der Waals surface area (Å²) in [5.74, 6) is -0.100. The molecule has 0 spiro atoms. The second-order valence-corrected chi connectivity index (χ2v) is 8.42. The Hall–Kier alpha value is -2.67. The first-order chi connectivity index (χ1) is 13.5. The zero-order valence-corrected chi connectivity index (χ0v) is 17.0. The summed E-state index contributed by atoms with van der Waals surface area (Å²) in [6.07, 6.45) is 4.14. The minimum atomic E-state index is -0.100. The number of anilines is 2. The smallest absolute Gasteiger partial charge is 0.262 e. The molecule has 4 rings (SSSR count). The van der Waals surface area contributed by atoms with E-state index in [1.165, 1.54) is 28.7 Å². The number of thiophene rings is 1. The Morgan fingerprint density at radius 1 is 1.21 bits per heavy atom. The van der Waals surface area contributed by atoms with Crippen molar-refractivity contribution in [3.05, 3.63) is 51.4 Å². The Morgan fingerprint density at radius 3 is 2.75 bits per heavy atom. The molecule has 1 fully saturated rings. The third-order valence-corrected chi connectivity index (χ3v) is 6.48. The Kier molecular flexibility index (Phi) is 5.17. The molecule has 2 aromatic heterocycles. The Balaban J connectivity index is 1.47. The number of nitrogens with one attached hydrogen (secondary N) is 1. The Labute approximate surface area is 167 Å². The van der Waals surface area contributed by atoms with E-state index in [2.05, 4.69) is 15.2 Å². The molecule has 1 N–H and O–H groups in total. The predicted molar refractivity (Wildman–Crippen MR) is 114 cm³/mol. The van der Waals surface area contributed by atoms with Crippen LogP contribution in [0.2, 0.25) is 0 Å². The maximum Gasteiger partial charge on any atom is 0.262 e. The Morgan fingerprint density at radius 2 is 1.96 bits per heavy atom. The summed E-state index contributed by atoms with van der Waals surface area (Å²) in [6, 6.07) is 7.90. The monoisotopic (exact) mass is 396 g/mol. The van der Waals surface area contributed by atoms with Gasteiger partial charge in [0.2, 0.25) is 5.91 Å². The van der Waals surface area contributed by atoms with Gasteiger partial charge in [0.25, 0.3) is 5.56 Å². The molecule has 28 heavy (non-hydrogen) atoms. The van der Waals surface area contributed by atoms with E-state index in [1.54, 1.807) is 6.33 Å². The van der Waals surface area contributed by atoms with Gasteiger partial charge in [0.1, 0.15) is 4.83 Å². The molecule has 1 aromatic carbocycles. The van der Waals surface area contributed by atoms with Crippen LogP contribution in [0.25, 0.3) is 10.2 Å². The maximum absolute atomic E-state index is 12.8. The lowest BCUT2D eigenvalue weighted by molar-refractivity contribution is -0.116. The molecule has 1 aliphatic rings. The van der Waals surface area contributed by atoms with Crippen molar-refractivity contribution in [2.24, 2.45) is 0 Å². The van der Waals surface area contributed by atoms with Crippen molar-refractivity contribution in [1.82, 2.24) is 9.55 Å². The molecule has 146 valence electrons. The van der Waals surface area contributed by atoms with Crippen LogP contribution in [0.5, 0.6) is 0 Å². The van der Waals surface area contributed by atoms with Gasteiger partial charge in [-0.15, -0.1) is 11.3 Å². The van der Waals surface area contributed by atoms with E-state index in [4.69, 9.17) is 0 Å². The third kappa shape index (κ3) is 3.54. The lowest BCUT2D eigenvalue weighted by Gasteiger charge is -2.21. The van der Waals surface area contributed by atoms with Crippen molar-refractivity contribution < 1.29 is 4.79 Å². The molecule has 6 nitrogen and oxygen atoms in total. The lowest BCUT2D eigenvalue weighted by atomic mass is 10.2. The molecule has 7 heteroatoms. The van der Waals surface area contributed by atoms with Gasteiger partial charge >= 0.3 is 0 Å². The second-order valence-electron chi connectivity index (χ2n) is 7.22. The van der Waals surface area contributed by atoms with Gasteiger partial charge in [0.05, 0.1) is 23.1 Å². The molecule has 3 heterocycles. The zero-order chi connectivity index (χ0) is 19.7. The summed E-state index contributed by atoms with van der Waals surface area (Å²) in [7, 11) is 0. The summed E-state index contributed by atoms with van der Waals surface area (Å²) in [5, 5.41) is 3.69. The largest absolute Gasteiger partial charge is 0.370 e. The molecule has 0 saturated carbocycles. The number of rotatable bonds is 5. The van der Waals surface area contributed by atoms with Crippen LogP contribution in [0, 0.1) is 13.8 Å². The van der Waals surface area contributed by atoms with Crippen LogP contribution >= 0.6 is 11.3 Å². The number of para-hydroxylation sites is 2. The van der Waals surface area contributed by atoms with Crippen molar-refractivity contribution in [2.45, 2.75) is 39.7 Å². The van der Waals surface area contributed by atoms with Crippen LogP contribution in [-0.2, 0) is 11.3 Å². The first-order valence-electron chi connectivity index (χ1n) is 9.63. The van der Waals surface area contributed by atoms with E-state index < -0.39 is 0 Å². The molecule has 0 bridgehead atoms. The number of hydrogen-bond donors (Lipinski definition) is 1. The van der Waals surface area contributed by atoms with Crippen molar-refractivity contribution in [2.75, 3.05) is 23.3 Å². The number of benzene rings is 1. The number of carbonyl (C=O) groups excluding carboxylic acids is 1. The standard InChI is InChI=1S/C21H24N4O2S/c1-14-15(2)28-20-19(14)21(27)25(13-22-20)12-9-18(26)23-16-7-3-4-8-17(16)24-10-5-6-11-24/h3-4,7-8,13H,5-6,9-12H2,1-2H3,(H,23,26). The Bertz CT molecular complexity index is 1080. The minimum absolute atomic E-state index is 0.0721. The maximum atomic E-state index is 12.8. The number of hydrogen-bond acceptors (Lipinski definition) is 5. The van der Waals surface area contributed by atoms with E-state index in [0.29, 0.717) is 11.9 Å². The summed E-state index contributed by atoms with van der Waals surface area (Å²) >= 11 is 1.53. The summed E-state index contributed by atoms with van der Waals surface area (Å²) in [4.78, 5) is 33.9. The summed E-state index contributed by atoms with van der Waals surface area (Å²) in [5.41, 5.74) is 2.81. The fraction of sp³-hybridized carbons (Fsp3) is 0.381. The van der Waals surface area contributed by atoms with E-state index in [-0.39, 0.29) is 17.9 Å². The van der Waals surface area contributed by atoms with E-state index >= 15 is 0 Å². The highest BCUT2D eigenvalue weighted by Crippen LogP contribution is 2.29. The highest BCUT2D eigenvalue weighted by atomic mass is 32.1. The first kappa shape index (κ1) is 18.7. The molecule has 1 aliphatic heterocycles. The number of aryl methyl sites for hydroxylation is 3. The molecule has 0 atom stereocenters. The topological polar surface area (TPSA) is 67.2 Å². The van der Waals surface area contributed by atoms with Crippen molar-refractivity contribution >= 4 is 38.8 Å². The van der Waals surface area contributed by atoms with Gasteiger partial charge in [-0.05, 0) is 44.4 Å². The molecular formula is C21H24N4O2S. The van der Waals surface area contributed by atoms with Gasteiger partial charge in [-0.2, -0.15) is 0 Å². The van der Waals surface area contributed by atoms with Crippen LogP contribution in [0.3, 0.4) is 0 Å². The van der Waals surface area contributed by atoms with Crippen molar-refractivity contribution in [3.63, 3.8) is 0 Å². The number of fused-ring (bicyclic) bond motifs is 1. The van der Waals surface area contributed by atoms with Gasteiger partial charge in [0, 0.05) is 30.9 Å². The predicted octanol–water partition coefficient (Wildman–Crippen LogP) is 3.70. The highest BCUT2D eigenvalue weighted by molar-refractivity contribution is 7.18. The molecule has 1 saturated heterocycles. The fourth-order valence-corrected chi connectivity index (χ4v) is 4.66. The van der Waals surface area contributed by atoms with Crippen molar-refractivity contribution in [1.29, 1.82) is 0 Å². The quantitative estimate of drug-likeness (QED) is 0.714. The summed E-state index contributed by atoms with van der Waals surface area (Å²) < 4.78 is 1.54. The second kappa shape index (κ2) is 7.75. The van der Waals surface area contributed by atoms with E-state index in [9.17, 15) is 9.59 Å². The summed E-state index contributed by atoms with van der Waals surface area (Å²) in [6.45, 7) is 6.30. The molecule has 0 aliphatic carbocycles. The van der Waals surface area contributed by atoms with Crippen LogP contribution in [0.4, 0.5) is 11.4 Å². The molecule has 1 amide bonds. The van der Waals surface area contributed by atoms with Gasteiger partial charge in [-0.1, -0.05) is 12.1 Å². The normalized spacial score (nSPS) is 14.0. The van der Waals surface area contributed by atoms with Gasteiger partial charge in [0.15, 0.2) is 0 Å². The average Bonchev–Trinajstić information content (AvgIpc) is 3.31. The van der Waals surface area contributed by atoms with Crippen LogP contribution < -0.4 is 15.8 Å². The van der Waals surface area contributed by atoms with E-state index in [0.717, 1.165) is 39.7 Å². The molecule has 0 unspecified atom stereocenters. The third-order valence-electron chi connectivity index (χ3n) is 5.36. The first-order valence-corrected chi connectivity index (χ1v) is 10.4. The van der Waals surface area contributed by atoms with Gasteiger partial charge < -0.3 is 10.2 Å². The fourth-order valence-electron chi connectivity index (χ4n) is 3.68. The molecule has 0 radical (unpaired) electrons. The number of nitrogens with zero attached hydrogens (tertiary/aromatic N) is 3. The van der Waals surface area contributed by atoms with Gasteiger partial charge in [-0.25, -0.2) is 4.98 Å². The van der Waals surface area contributed by atoms with Crippen LogP contribution in [-0.4, -0.2) is 28.5 Å². The van der Waals surface area contributed by atoms with E-state index in [1.807, 2.05) is 38.1 Å². The molecular weight excluding hydrogens is 372 g/mol. The average molecular weight is 397 g/mol. The lowest BCUT2D eigenvalue weighted by Crippen LogP contribution is -2.24. The highest BCUT2D eigenvalue weighted by Gasteiger charge is 2.17. The zero-order valence-electron chi connectivity index (χ0n) is 16.2.